The van der Waals surface area contributed by atoms with Gasteiger partial charge < -0.3 is 20.0 Å². The third-order valence-electron chi connectivity index (χ3n) is 3.19. The van der Waals surface area contributed by atoms with E-state index in [2.05, 4.69) is 4.84 Å². The second-order valence-corrected chi connectivity index (χ2v) is 5.77. The SMILES string of the molecule is CC(CCOC(C)(C)CN)OCC(=O)ON1C(=O)CCC1=O. The molecule has 8 nitrogen and oxygen atoms in total. The van der Waals surface area contributed by atoms with Gasteiger partial charge in [0.05, 0.1) is 11.7 Å². The summed E-state index contributed by atoms with van der Waals surface area (Å²) in [5.74, 6) is -1.80. The maximum absolute atomic E-state index is 11.5. The summed E-state index contributed by atoms with van der Waals surface area (Å²) in [6.07, 6.45) is 0.485. The highest BCUT2D eigenvalue weighted by atomic mass is 16.7. The van der Waals surface area contributed by atoms with Gasteiger partial charge in [0.15, 0.2) is 0 Å². The second kappa shape index (κ2) is 8.21. The van der Waals surface area contributed by atoms with Crippen molar-refractivity contribution in [3.05, 3.63) is 0 Å². The number of hydrogen-bond donors (Lipinski definition) is 1. The van der Waals surface area contributed by atoms with Crippen molar-refractivity contribution >= 4 is 17.8 Å². The van der Waals surface area contributed by atoms with Gasteiger partial charge in [0, 0.05) is 26.0 Å². The highest BCUT2D eigenvalue weighted by molar-refractivity contribution is 6.01. The number of carbonyl (C=O) groups excluding carboxylic acids is 3. The zero-order chi connectivity index (χ0) is 16.8. The Hall–Kier alpha value is -1.51. The summed E-state index contributed by atoms with van der Waals surface area (Å²) >= 11 is 0. The Balaban J connectivity index is 2.20. The van der Waals surface area contributed by atoms with Gasteiger partial charge in [0.25, 0.3) is 11.8 Å². The van der Waals surface area contributed by atoms with E-state index in [4.69, 9.17) is 15.2 Å². The van der Waals surface area contributed by atoms with Crippen LogP contribution in [0.4, 0.5) is 0 Å². The molecule has 22 heavy (non-hydrogen) atoms. The van der Waals surface area contributed by atoms with Crippen LogP contribution in [0.2, 0.25) is 0 Å². The molecule has 1 unspecified atom stereocenters. The lowest BCUT2D eigenvalue weighted by Gasteiger charge is -2.24. The van der Waals surface area contributed by atoms with Crippen LogP contribution in [0.1, 0.15) is 40.0 Å². The molecule has 1 aliphatic heterocycles. The van der Waals surface area contributed by atoms with Crippen LogP contribution in [-0.4, -0.2) is 54.3 Å². The van der Waals surface area contributed by atoms with Gasteiger partial charge in [-0.15, -0.1) is 5.06 Å². The van der Waals surface area contributed by atoms with Crippen LogP contribution in [0.15, 0.2) is 0 Å². The van der Waals surface area contributed by atoms with E-state index in [9.17, 15) is 14.4 Å². The van der Waals surface area contributed by atoms with Crippen LogP contribution in [-0.2, 0) is 28.7 Å². The summed E-state index contributed by atoms with van der Waals surface area (Å²) in [6.45, 7) is 6.09. The monoisotopic (exact) mass is 316 g/mol. The first kappa shape index (κ1) is 18.5. The Morgan fingerprint density at radius 2 is 1.91 bits per heavy atom. The molecule has 0 saturated carbocycles. The van der Waals surface area contributed by atoms with E-state index in [1.165, 1.54) is 0 Å². The lowest BCUT2D eigenvalue weighted by Crippen LogP contribution is -2.35. The number of rotatable bonds is 9. The summed E-state index contributed by atoms with van der Waals surface area (Å²) in [7, 11) is 0. The molecular formula is C14H24N2O6. The van der Waals surface area contributed by atoms with Gasteiger partial charge in [-0.1, -0.05) is 0 Å². The molecule has 8 heteroatoms. The molecule has 1 fully saturated rings. The van der Waals surface area contributed by atoms with Crippen molar-refractivity contribution in [2.75, 3.05) is 19.8 Å². The summed E-state index contributed by atoms with van der Waals surface area (Å²) in [5, 5.41) is 0.503. The van der Waals surface area contributed by atoms with E-state index in [1.54, 1.807) is 6.92 Å². The fraction of sp³-hybridized carbons (Fsp3) is 0.786. The maximum atomic E-state index is 11.5. The number of hydrogen-bond acceptors (Lipinski definition) is 7. The van der Waals surface area contributed by atoms with E-state index in [1.807, 2.05) is 13.8 Å². The van der Waals surface area contributed by atoms with Crippen molar-refractivity contribution in [3.63, 3.8) is 0 Å². The molecular weight excluding hydrogens is 292 g/mol. The highest BCUT2D eigenvalue weighted by Gasteiger charge is 2.32. The van der Waals surface area contributed by atoms with Crippen molar-refractivity contribution in [2.24, 2.45) is 5.73 Å². The van der Waals surface area contributed by atoms with Gasteiger partial charge in [0.1, 0.15) is 6.61 Å². The minimum Gasteiger partial charge on any atom is -0.374 e. The quantitative estimate of drug-likeness (QED) is 0.603. The number of amides is 2. The van der Waals surface area contributed by atoms with Gasteiger partial charge in [-0.25, -0.2) is 4.79 Å². The molecule has 0 spiro atoms. The van der Waals surface area contributed by atoms with E-state index >= 15 is 0 Å². The first-order valence-electron chi connectivity index (χ1n) is 7.27. The van der Waals surface area contributed by atoms with Gasteiger partial charge in [-0.05, 0) is 27.2 Å². The normalized spacial score (nSPS) is 17.0. The van der Waals surface area contributed by atoms with Crippen molar-refractivity contribution in [2.45, 2.75) is 51.7 Å². The van der Waals surface area contributed by atoms with E-state index in [0.29, 0.717) is 24.6 Å². The average Bonchev–Trinajstić information content (AvgIpc) is 2.77. The predicted octanol–water partition coefficient (Wildman–Crippen LogP) is 0.143. The number of imide groups is 1. The van der Waals surface area contributed by atoms with Crippen molar-refractivity contribution in [3.8, 4) is 0 Å². The van der Waals surface area contributed by atoms with Crippen molar-refractivity contribution in [1.29, 1.82) is 0 Å². The Labute approximate surface area is 129 Å². The number of nitrogens with two attached hydrogens (primary N) is 1. The molecule has 1 aliphatic rings. The van der Waals surface area contributed by atoms with E-state index in [0.717, 1.165) is 0 Å². The molecule has 0 aromatic heterocycles. The van der Waals surface area contributed by atoms with Crippen LogP contribution in [0.25, 0.3) is 0 Å². The van der Waals surface area contributed by atoms with Crippen LogP contribution in [0.3, 0.4) is 0 Å². The lowest BCUT2D eigenvalue weighted by atomic mass is 10.1. The smallest absolute Gasteiger partial charge is 0.358 e. The molecule has 1 saturated heterocycles. The summed E-state index contributed by atoms with van der Waals surface area (Å²) in [4.78, 5) is 38.8. The molecule has 0 aromatic rings. The predicted molar refractivity (Wildman–Crippen MR) is 76.3 cm³/mol. The summed E-state index contributed by atoms with van der Waals surface area (Å²) in [5.41, 5.74) is 5.15. The van der Waals surface area contributed by atoms with Crippen molar-refractivity contribution < 1.29 is 28.7 Å². The minimum atomic E-state index is -0.779. The number of nitrogens with zero attached hydrogens (tertiary/aromatic N) is 1. The first-order chi connectivity index (χ1) is 10.2. The van der Waals surface area contributed by atoms with Crippen LogP contribution in [0, 0.1) is 0 Å². The zero-order valence-electron chi connectivity index (χ0n) is 13.3. The second-order valence-electron chi connectivity index (χ2n) is 5.77. The first-order valence-corrected chi connectivity index (χ1v) is 7.27. The standard InChI is InChI=1S/C14H24N2O6/c1-10(6-7-21-14(2,3)9-15)20-8-13(19)22-16-11(17)4-5-12(16)18/h10H,4-9,15H2,1-3H3. The molecule has 2 N–H and O–H groups in total. The Kier molecular flexibility index (Phi) is 6.92. The lowest BCUT2D eigenvalue weighted by molar-refractivity contribution is -0.201. The number of carbonyl (C=O) groups is 3. The fourth-order valence-corrected chi connectivity index (χ4v) is 1.64. The maximum Gasteiger partial charge on any atom is 0.358 e. The molecule has 2 amide bonds. The summed E-state index contributed by atoms with van der Waals surface area (Å²) in [6, 6.07) is 0. The zero-order valence-corrected chi connectivity index (χ0v) is 13.3. The van der Waals surface area contributed by atoms with Crippen LogP contribution < -0.4 is 5.73 Å². The Morgan fingerprint density at radius 1 is 1.32 bits per heavy atom. The Morgan fingerprint density at radius 3 is 2.45 bits per heavy atom. The highest BCUT2D eigenvalue weighted by Crippen LogP contribution is 2.12. The largest absolute Gasteiger partial charge is 0.374 e. The van der Waals surface area contributed by atoms with Crippen LogP contribution in [0.5, 0.6) is 0 Å². The molecule has 1 atom stereocenters. The van der Waals surface area contributed by atoms with Gasteiger partial charge in [0.2, 0.25) is 0 Å². The van der Waals surface area contributed by atoms with Crippen LogP contribution >= 0.6 is 0 Å². The Bertz CT molecular complexity index is 408. The molecule has 0 bridgehead atoms. The van der Waals surface area contributed by atoms with Gasteiger partial charge in [-0.3, -0.25) is 9.59 Å². The molecule has 0 radical (unpaired) electrons. The van der Waals surface area contributed by atoms with E-state index < -0.39 is 23.4 Å². The third-order valence-corrected chi connectivity index (χ3v) is 3.19. The molecule has 126 valence electrons. The number of hydroxylamine groups is 2. The molecule has 1 rings (SSSR count). The topological polar surface area (TPSA) is 108 Å². The molecule has 1 heterocycles. The minimum absolute atomic E-state index is 0.0671. The average molecular weight is 316 g/mol. The third kappa shape index (κ3) is 6.08. The van der Waals surface area contributed by atoms with Gasteiger partial charge in [-0.2, -0.15) is 0 Å². The van der Waals surface area contributed by atoms with Crippen molar-refractivity contribution in [1.82, 2.24) is 5.06 Å². The molecule has 0 aromatic carbocycles. The molecule has 0 aliphatic carbocycles. The fourth-order valence-electron chi connectivity index (χ4n) is 1.64. The summed E-state index contributed by atoms with van der Waals surface area (Å²) < 4.78 is 10.9. The van der Waals surface area contributed by atoms with E-state index in [-0.39, 0.29) is 25.6 Å². The van der Waals surface area contributed by atoms with Gasteiger partial charge >= 0.3 is 5.97 Å². The number of ether oxygens (including phenoxy) is 2.